The number of benzene rings is 1. The fraction of sp³-hybridized carbons (Fsp3) is 0.588. The molecule has 124 valence electrons. The van der Waals surface area contributed by atoms with Gasteiger partial charge in [-0.3, -0.25) is 19.8 Å². The maximum Gasteiger partial charge on any atom is 0.269 e. The van der Waals surface area contributed by atoms with E-state index >= 15 is 0 Å². The van der Waals surface area contributed by atoms with E-state index in [2.05, 4.69) is 4.90 Å². The highest BCUT2D eigenvalue weighted by atomic mass is 16.6. The third-order valence-electron chi connectivity index (χ3n) is 4.80. The molecule has 6 heteroatoms. The van der Waals surface area contributed by atoms with Crippen molar-refractivity contribution in [2.75, 3.05) is 26.2 Å². The average molecular weight is 317 g/mol. The van der Waals surface area contributed by atoms with Crippen LogP contribution in [-0.2, 0) is 11.3 Å². The first-order valence-corrected chi connectivity index (χ1v) is 8.38. The largest absolute Gasteiger partial charge is 0.342 e. The molecular formula is C17H23N3O3. The summed E-state index contributed by atoms with van der Waals surface area (Å²) >= 11 is 0. The SMILES string of the molecule is O=C([C@@H]1CCCN(Cc2cccc([N+](=O)[O-])c2)C1)N1CCCC1. The molecule has 2 saturated heterocycles. The van der Waals surface area contributed by atoms with Gasteiger partial charge < -0.3 is 4.90 Å². The molecule has 0 aromatic heterocycles. The minimum Gasteiger partial charge on any atom is -0.342 e. The Hall–Kier alpha value is -1.95. The molecule has 23 heavy (non-hydrogen) atoms. The van der Waals surface area contributed by atoms with E-state index in [1.807, 2.05) is 11.0 Å². The van der Waals surface area contributed by atoms with Crippen LogP contribution in [0.5, 0.6) is 0 Å². The van der Waals surface area contributed by atoms with Gasteiger partial charge in [-0.2, -0.15) is 0 Å². The van der Waals surface area contributed by atoms with Gasteiger partial charge in [0.05, 0.1) is 10.8 Å². The first-order valence-electron chi connectivity index (χ1n) is 8.38. The number of nitro benzene ring substituents is 1. The highest BCUT2D eigenvalue weighted by Crippen LogP contribution is 2.23. The van der Waals surface area contributed by atoms with Crippen molar-refractivity contribution in [3.05, 3.63) is 39.9 Å². The normalized spacial score (nSPS) is 22.3. The van der Waals surface area contributed by atoms with Crippen LogP contribution in [0, 0.1) is 16.0 Å². The Labute approximate surface area is 136 Å². The number of nitro groups is 1. The topological polar surface area (TPSA) is 66.7 Å². The van der Waals surface area contributed by atoms with Crippen molar-refractivity contribution < 1.29 is 9.72 Å². The number of likely N-dealkylation sites (tertiary alicyclic amines) is 2. The lowest BCUT2D eigenvalue weighted by Crippen LogP contribution is -2.43. The summed E-state index contributed by atoms with van der Waals surface area (Å²) in [7, 11) is 0. The zero-order valence-corrected chi connectivity index (χ0v) is 13.3. The molecule has 2 fully saturated rings. The van der Waals surface area contributed by atoms with Crippen LogP contribution in [0.25, 0.3) is 0 Å². The number of amides is 1. The highest BCUT2D eigenvalue weighted by Gasteiger charge is 2.30. The van der Waals surface area contributed by atoms with Crippen molar-refractivity contribution in [2.24, 2.45) is 5.92 Å². The Balaban J connectivity index is 1.61. The number of nitrogens with zero attached hydrogens (tertiary/aromatic N) is 3. The number of hydrogen-bond donors (Lipinski definition) is 0. The molecule has 0 N–H and O–H groups in total. The maximum absolute atomic E-state index is 12.6. The molecule has 1 amide bonds. The van der Waals surface area contributed by atoms with Gasteiger partial charge in [-0.1, -0.05) is 12.1 Å². The number of piperidine rings is 1. The second kappa shape index (κ2) is 7.08. The summed E-state index contributed by atoms with van der Waals surface area (Å²) in [5, 5.41) is 10.9. The van der Waals surface area contributed by atoms with Crippen LogP contribution in [-0.4, -0.2) is 46.8 Å². The van der Waals surface area contributed by atoms with Crippen LogP contribution in [0.4, 0.5) is 5.69 Å². The molecule has 2 heterocycles. The predicted octanol–water partition coefficient (Wildman–Crippen LogP) is 2.43. The maximum atomic E-state index is 12.6. The molecule has 1 aromatic rings. The standard InChI is InChI=1S/C17H23N3O3/c21-17(19-9-1-2-10-19)15-6-4-8-18(13-15)12-14-5-3-7-16(11-14)20(22)23/h3,5,7,11,15H,1-2,4,6,8-10,12-13H2/t15-/m1/s1. The van der Waals surface area contributed by atoms with Gasteiger partial charge in [0.15, 0.2) is 0 Å². The second-order valence-electron chi connectivity index (χ2n) is 6.53. The minimum atomic E-state index is -0.362. The Morgan fingerprint density at radius 2 is 2.00 bits per heavy atom. The van der Waals surface area contributed by atoms with Crippen LogP contribution in [0.3, 0.4) is 0 Å². The van der Waals surface area contributed by atoms with Crippen molar-refractivity contribution in [2.45, 2.75) is 32.2 Å². The number of rotatable bonds is 4. The van der Waals surface area contributed by atoms with Crippen LogP contribution in [0.15, 0.2) is 24.3 Å². The number of carbonyl (C=O) groups excluding carboxylic acids is 1. The van der Waals surface area contributed by atoms with Crippen LogP contribution >= 0.6 is 0 Å². The van der Waals surface area contributed by atoms with Gasteiger partial charge >= 0.3 is 0 Å². The van der Waals surface area contributed by atoms with Crippen molar-refractivity contribution in [1.29, 1.82) is 0 Å². The Kier molecular flexibility index (Phi) is 4.91. The molecular weight excluding hydrogens is 294 g/mol. The molecule has 0 bridgehead atoms. The van der Waals surface area contributed by atoms with Gasteiger partial charge in [-0.05, 0) is 37.8 Å². The molecule has 1 atom stereocenters. The van der Waals surface area contributed by atoms with E-state index in [0.29, 0.717) is 12.5 Å². The zero-order chi connectivity index (χ0) is 16.2. The zero-order valence-electron chi connectivity index (χ0n) is 13.3. The summed E-state index contributed by atoms with van der Waals surface area (Å²) in [6, 6.07) is 6.79. The van der Waals surface area contributed by atoms with Crippen molar-refractivity contribution in [3.8, 4) is 0 Å². The summed E-state index contributed by atoms with van der Waals surface area (Å²) in [6.07, 6.45) is 4.21. The molecule has 6 nitrogen and oxygen atoms in total. The first-order chi connectivity index (χ1) is 11.1. The Morgan fingerprint density at radius 1 is 1.22 bits per heavy atom. The van der Waals surface area contributed by atoms with Crippen LogP contribution in [0.1, 0.15) is 31.2 Å². The van der Waals surface area contributed by atoms with Crippen molar-refractivity contribution in [3.63, 3.8) is 0 Å². The third-order valence-corrected chi connectivity index (χ3v) is 4.80. The average Bonchev–Trinajstić information content (AvgIpc) is 3.09. The Bertz CT molecular complexity index is 584. The summed E-state index contributed by atoms with van der Waals surface area (Å²) in [5.41, 5.74) is 1.07. The van der Waals surface area contributed by atoms with Gasteiger partial charge in [-0.25, -0.2) is 0 Å². The lowest BCUT2D eigenvalue weighted by Gasteiger charge is -2.33. The monoisotopic (exact) mass is 317 g/mol. The third kappa shape index (κ3) is 3.88. The van der Waals surface area contributed by atoms with Crippen LogP contribution < -0.4 is 0 Å². The number of carbonyl (C=O) groups is 1. The molecule has 2 aliphatic rings. The van der Waals surface area contributed by atoms with E-state index in [1.165, 1.54) is 6.07 Å². The Morgan fingerprint density at radius 3 is 2.74 bits per heavy atom. The van der Waals surface area contributed by atoms with E-state index < -0.39 is 0 Å². The molecule has 0 saturated carbocycles. The van der Waals surface area contributed by atoms with Crippen LogP contribution in [0.2, 0.25) is 0 Å². The number of hydrogen-bond acceptors (Lipinski definition) is 4. The molecule has 3 rings (SSSR count). The highest BCUT2D eigenvalue weighted by molar-refractivity contribution is 5.79. The predicted molar refractivity (Wildman–Crippen MR) is 86.9 cm³/mol. The molecule has 0 aliphatic carbocycles. The fourth-order valence-electron chi connectivity index (χ4n) is 3.62. The second-order valence-corrected chi connectivity index (χ2v) is 6.53. The lowest BCUT2D eigenvalue weighted by atomic mass is 9.96. The van der Waals surface area contributed by atoms with E-state index in [-0.39, 0.29) is 16.5 Å². The molecule has 0 unspecified atom stereocenters. The first kappa shape index (κ1) is 15.9. The van der Waals surface area contributed by atoms with E-state index in [9.17, 15) is 14.9 Å². The minimum absolute atomic E-state index is 0.0838. The molecule has 1 aromatic carbocycles. The van der Waals surface area contributed by atoms with E-state index in [1.54, 1.807) is 12.1 Å². The van der Waals surface area contributed by atoms with E-state index in [0.717, 1.165) is 57.4 Å². The van der Waals surface area contributed by atoms with Gasteiger partial charge in [0.2, 0.25) is 5.91 Å². The lowest BCUT2D eigenvalue weighted by molar-refractivity contribution is -0.384. The summed E-state index contributed by atoms with van der Waals surface area (Å²) in [6.45, 7) is 4.19. The molecule has 0 spiro atoms. The van der Waals surface area contributed by atoms with Gasteiger partial charge in [0.25, 0.3) is 5.69 Å². The number of non-ortho nitro benzene ring substituents is 1. The van der Waals surface area contributed by atoms with Gasteiger partial charge in [-0.15, -0.1) is 0 Å². The summed E-state index contributed by atoms with van der Waals surface area (Å²) < 4.78 is 0. The smallest absolute Gasteiger partial charge is 0.269 e. The van der Waals surface area contributed by atoms with E-state index in [4.69, 9.17) is 0 Å². The summed E-state index contributed by atoms with van der Waals surface area (Å²) in [5.74, 6) is 0.381. The molecule has 0 radical (unpaired) electrons. The summed E-state index contributed by atoms with van der Waals surface area (Å²) in [4.78, 5) is 27.3. The van der Waals surface area contributed by atoms with Crippen molar-refractivity contribution >= 4 is 11.6 Å². The molecule has 2 aliphatic heterocycles. The van der Waals surface area contributed by atoms with Crippen molar-refractivity contribution in [1.82, 2.24) is 9.80 Å². The quantitative estimate of drug-likeness (QED) is 0.632. The van der Waals surface area contributed by atoms with Gasteiger partial charge in [0.1, 0.15) is 0 Å². The van der Waals surface area contributed by atoms with Gasteiger partial charge in [0, 0.05) is 38.3 Å². The fourth-order valence-corrected chi connectivity index (χ4v) is 3.62.